The summed E-state index contributed by atoms with van der Waals surface area (Å²) in [6.45, 7) is 1.05. The van der Waals surface area contributed by atoms with Crippen molar-refractivity contribution in [3.8, 4) is 11.4 Å². The molecule has 1 N–H and O–H groups in total. The van der Waals surface area contributed by atoms with E-state index in [1.165, 1.54) is 11.0 Å². The van der Waals surface area contributed by atoms with Crippen LogP contribution in [0.15, 0.2) is 18.7 Å². The van der Waals surface area contributed by atoms with E-state index >= 15 is 0 Å². The summed E-state index contributed by atoms with van der Waals surface area (Å²) in [4.78, 5) is 19.5. The Labute approximate surface area is 120 Å². The average molecular weight is 290 g/mol. The summed E-state index contributed by atoms with van der Waals surface area (Å²) in [5.74, 6) is -0.390. The number of rotatable bonds is 4. The number of aliphatic carboxylic acids is 1. The number of hydrogen-bond donors (Lipinski definition) is 1. The second-order valence-corrected chi connectivity index (χ2v) is 4.99. The fraction of sp³-hybridized carbons (Fsp3) is 0.500. The SMILES string of the molecule is O=C(O)C1(Cn2nnnc2-c2cncnc2)CCOCC1. The first-order valence-electron chi connectivity index (χ1n) is 6.54. The predicted octanol–water partition coefficient (Wildman–Crippen LogP) is 0.0115. The van der Waals surface area contributed by atoms with Crippen LogP contribution < -0.4 is 0 Å². The summed E-state index contributed by atoms with van der Waals surface area (Å²) in [7, 11) is 0. The van der Waals surface area contributed by atoms with Gasteiger partial charge < -0.3 is 9.84 Å². The predicted molar refractivity (Wildman–Crippen MR) is 69.0 cm³/mol. The molecular weight excluding hydrogens is 276 g/mol. The molecule has 1 saturated heterocycles. The van der Waals surface area contributed by atoms with Gasteiger partial charge in [0, 0.05) is 25.6 Å². The van der Waals surface area contributed by atoms with E-state index < -0.39 is 11.4 Å². The minimum Gasteiger partial charge on any atom is -0.481 e. The third-order valence-electron chi connectivity index (χ3n) is 3.71. The second kappa shape index (κ2) is 5.52. The number of nitrogens with zero attached hydrogens (tertiary/aromatic N) is 6. The van der Waals surface area contributed by atoms with E-state index in [0.717, 1.165) is 0 Å². The Bertz CT molecular complexity index is 623. The zero-order valence-corrected chi connectivity index (χ0v) is 11.2. The summed E-state index contributed by atoms with van der Waals surface area (Å²) < 4.78 is 6.76. The minimum absolute atomic E-state index is 0.197. The highest BCUT2D eigenvalue weighted by molar-refractivity contribution is 5.74. The molecule has 21 heavy (non-hydrogen) atoms. The Balaban J connectivity index is 1.91. The van der Waals surface area contributed by atoms with E-state index in [9.17, 15) is 9.90 Å². The molecule has 0 atom stereocenters. The fourth-order valence-electron chi connectivity index (χ4n) is 2.42. The molecule has 0 aliphatic carbocycles. The summed E-state index contributed by atoms with van der Waals surface area (Å²) in [5, 5.41) is 21.1. The summed E-state index contributed by atoms with van der Waals surface area (Å²) in [5.41, 5.74) is -0.257. The second-order valence-electron chi connectivity index (χ2n) is 4.99. The van der Waals surface area contributed by atoms with Gasteiger partial charge >= 0.3 is 5.97 Å². The van der Waals surface area contributed by atoms with Gasteiger partial charge in [-0.05, 0) is 23.3 Å². The van der Waals surface area contributed by atoms with E-state index in [4.69, 9.17) is 4.74 Å². The zero-order valence-electron chi connectivity index (χ0n) is 11.2. The monoisotopic (exact) mass is 290 g/mol. The van der Waals surface area contributed by atoms with Crippen LogP contribution in [-0.2, 0) is 16.1 Å². The standard InChI is InChI=1S/C12H14N6O3/c19-11(20)12(1-3-21-4-2-12)7-18-10(15-16-17-18)9-5-13-8-14-6-9/h5-6,8H,1-4,7H2,(H,19,20). The van der Waals surface area contributed by atoms with Crippen LogP contribution in [0, 0.1) is 5.41 Å². The van der Waals surface area contributed by atoms with Crippen LogP contribution in [0.2, 0.25) is 0 Å². The summed E-state index contributed by atoms with van der Waals surface area (Å²) in [6.07, 6.45) is 5.47. The normalized spacial score (nSPS) is 17.5. The lowest BCUT2D eigenvalue weighted by atomic mass is 9.80. The average Bonchev–Trinajstić information content (AvgIpc) is 2.97. The first kappa shape index (κ1) is 13.6. The number of carboxylic acid groups (broad SMARTS) is 1. The lowest BCUT2D eigenvalue weighted by molar-refractivity contribution is -0.156. The van der Waals surface area contributed by atoms with E-state index in [0.29, 0.717) is 37.4 Å². The first-order valence-corrected chi connectivity index (χ1v) is 6.54. The first-order chi connectivity index (χ1) is 10.2. The van der Waals surface area contributed by atoms with Crippen molar-refractivity contribution < 1.29 is 14.6 Å². The molecule has 1 aliphatic rings. The Morgan fingerprint density at radius 3 is 2.71 bits per heavy atom. The van der Waals surface area contributed by atoms with Crippen molar-refractivity contribution in [1.82, 2.24) is 30.2 Å². The molecule has 2 aromatic heterocycles. The molecule has 9 heteroatoms. The van der Waals surface area contributed by atoms with Crippen LogP contribution in [0.3, 0.4) is 0 Å². The minimum atomic E-state index is -0.905. The van der Waals surface area contributed by atoms with Gasteiger partial charge in [-0.3, -0.25) is 4.79 Å². The van der Waals surface area contributed by atoms with Gasteiger partial charge in [0.05, 0.1) is 17.5 Å². The smallest absolute Gasteiger partial charge is 0.311 e. The summed E-state index contributed by atoms with van der Waals surface area (Å²) >= 11 is 0. The number of tetrazole rings is 1. The van der Waals surface area contributed by atoms with Crippen LogP contribution in [0.1, 0.15) is 12.8 Å². The van der Waals surface area contributed by atoms with E-state index in [1.807, 2.05) is 0 Å². The highest BCUT2D eigenvalue weighted by Gasteiger charge is 2.41. The number of ether oxygens (including phenoxy) is 1. The Morgan fingerprint density at radius 1 is 1.33 bits per heavy atom. The number of hydrogen-bond acceptors (Lipinski definition) is 7. The Morgan fingerprint density at radius 2 is 2.05 bits per heavy atom. The van der Waals surface area contributed by atoms with Crippen LogP contribution in [0.5, 0.6) is 0 Å². The van der Waals surface area contributed by atoms with Gasteiger partial charge in [0.15, 0.2) is 5.82 Å². The Hall–Kier alpha value is -2.42. The van der Waals surface area contributed by atoms with Crippen molar-refractivity contribution in [1.29, 1.82) is 0 Å². The largest absolute Gasteiger partial charge is 0.481 e. The van der Waals surface area contributed by atoms with Gasteiger partial charge in [-0.25, -0.2) is 14.6 Å². The highest BCUT2D eigenvalue weighted by Crippen LogP contribution is 2.33. The molecule has 1 aliphatic heterocycles. The van der Waals surface area contributed by atoms with Crippen molar-refractivity contribution >= 4 is 5.97 Å². The Kier molecular flexibility index (Phi) is 3.57. The highest BCUT2D eigenvalue weighted by atomic mass is 16.5. The lowest BCUT2D eigenvalue weighted by Crippen LogP contribution is -2.41. The van der Waals surface area contributed by atoms with Crippen LogP contribution in [0.25, 0.3) is 11.4 Å². The van der Waals surface area contributed by atoms with Crippen LogP contribution >= 0.6 is 0 Å². The molecule has 0 spiro atoms. The van der Waals surface area contributed by atoms with Crippen molar-refractivity contribution in [2.45, 2.75) is 19.4 Å². The molecule has 0 unspecified atom stereocenters. The van der Waals surface area contributed by atoms with Gasteiger partial charge in [-0.15, -0.1) is 5.10 Å². The number of carboxylic acids is 1. The van der Waals surface area contributed by atoms with Gasteiger partial charge in [-0.1, -0.05) is 0 Å². The maximum absolute atomic E-state index is 11.7. The maximum Gasteiger partial charge on any atom is 0.311 e. The molecule has 1 fully saturated rings. The zero-order chi connectivity index (χ0) is 14.7. The van der Waals surface area contributed by atoms with Gasteiger partial charge in [0.2, 0.25) is 0 Å². The molecule has 0 aromatic carbocycles. The molecule has 110 valence electrons. The van der Waals surface area contributed by atoms with Gasteiger partial charge in [-0.2, -0.15) is 0 Å². The third kappa shape index (κ3) is 2.59. The molecule has 0 bridgehead atoms. The van der Waals surface area contributed by atoms with Crippen LogP contribution in [0.4, 0.5) is 0 Å². The van der Waals surface area contributed by atoms with Crippen molar-refractivity contribution in [3.63, 3.8) is 0 Å². The summed E-state index contributed by atoms with van der Waals surface area (Å²) in [6, 6.07) is 0. The molecule has 3 rings (SSSR count). The lowest BCUT2D eigenvalue weighted by Gasteiger charge is -2.32. The number of aromatic nitrogens is 6. The van der Waals surface area contributed by atoms with E-state index in [2.05, 4.69) is 25.5 Å². The fourth-order valence-corrected chi connectivity index (χ4v) is 2.42. The quantitative estimate of drug-likeness (QED) is 0.837. The molecule has 0 saturated carbocycles. The molecule has 0 amide bonds. The maximum atomic E-state index is 11.7. The molecule has 0 radical (unpaired) electrons. The van der Waals surface area contributed by atoms with Crippen LogP contribution in [-0.4, -0.2) is 54.5 Å². The molecule has 9 nitrogen and oxygen atoms in total. The van der Waals surface area contributed by atoms with Crippen molar-refractivity contribution in [3.05, 3.63) is 18.7 Å². The molecule has 2 aromatic rings. The molecule has 3 heterocycles. The molecular formula is C12H14N6O3. The van der Waals surface area contributed by atoms with Crippen molar-refractivity contribution in [2.24, 2.45) is 5.41 Å². The topological polar surface area (TPSA) is 116 Å². The number of carbonyl (C=O) groups is 1. The van der Waals surface area contributed by atoms with E-state index in [1.54, 1.807) is 12.4 Å². The van der Waals surface area contributed by atoms with Crippen molar-refractivity contribution in [2.75, 3.05) is 13.2 Å². The van der Waals surface area contributed by atoms with E-state index in [-0.39, 0.29) is 6.54 Å². The third-order valence-corrected chi connectivity index (χ3v) is 3.71. The van der Waals surface area contributed by atoms with Gasteiger partial charge in [0.1, 0.15) is 6.33 Å². The van der Waals surface area contributed by atoms with Gasteiger partial charge in [0.25, 0.3) is 0 Å².